The number of nitriles is 1. The molecule has 0 saturated carbocycles. The van der Waals surface area contributed by atoms with Crippen LogP contribution in [0.4, 0.5) is 0 Å². The third-order valence-electron chi connectivity index (χ3n) is 2.61. The van der Waals surface area contributed by atoms with E-state index in [4.69, 9.17) is 9.68 Å². The van der Waals surface area contributed by atoms with Crippen molar-refractivity contribution < 1.29 is 4.42 Å². The zero-order valence-corrected chi connectivity index (χ0v) is 10.3. The maximum absolute atomic E-state index is 8.55. The predicted molar refractivity (Wildman–Crippen MR) is 63.8 cm³/mol. The fourth-order valence-corrected chi connectivity index (χ4v) is 1.59. The molecular weight excluding hydrogens is 200 g/mol. The van der Waals surface area contributed by atoms with Gasteiger partial charge in [0.15, 0.2) is 0 Å². The van der Waals surface area contributed by atoms with E-state index in [0.717, 1.165) is 31.0 Å². The highest BCUT2D eigenvalue weighted by Gasteiger charge is 2.16. The van der Waals surface area contributed by atoms with Crippen LogP contribution in [-0.2, 0) is 6.54 Å². The first-order chi connectivity index (χ1) is 7.53. The van der Waals surface area contributed by atoms with Crippen LogP contribution in [-0.4, -0.2) is 6.54 Å². The molecule has 0 radical (unpaired) electrons. The summed E-state index contributed by atoms with van der Waals surface area (Å²) in [6.45, 7) is 7.94. The van der Waals surface area contributed by atoms with Crippen LogP contribution in [0.1, 0.15) is 38.2 Å². The molecule has 0 aliphatic heterocycles. The van der Waals surface area contributed by atoms with Gasteiger partial charge >= 0.3 is 0 Å². The second-order valence-electron chi connectivity index (χ2n) is 4.94. The maximum atomic E-state index is 8.55. The molecule has 1 aromatic heterocycles. The summed E-state index contributed by atoms with van der Waals surface area (Å²) in [6.07, 6.45) is 1.54. The number of aryl methyl sites for hydroxylation is 1. The number of nitrogens with zero attached hydrogens (tertiary/aromatic N) is 1. The molecule has 0 atom stereocenters. The molecular formula is C13H20N2O. The van der Waals surface area contributed by atoms with Gasteiger partial charge in [-0.1, -0.05) is 13.8 Å². The lowest BCUT2D eigenvalue weighted by Crippen LogP contribution is -2.28. The van der Waals surface area contributed by atoms with E-state index in [-0.39, 0.29) is 5.41 Å². The third kappa shape index (κ3) is 4.50. The topological polar surface area (TPSA) is 49.0 Å². The Morgan fingerprint density at radius 1 is 1.44 bits per heavy atom. The molecule has 0 aliphatic carbocycles. The molecule has 1 rings (SSSR count). The summed E-state index contributed by atoms with van der Waals surface area (Å²) in [5.41, 5.74) is 0.164. The summed E-state index contributed by atoms with van der Waals surface area (Å²) in [4.78, 5) is 0. The lowest BCUT2D eigenvalue weighted by atomic mass is 9.88. The summed E-state index contributed by atoms with van der Waals surface area (Å²) >= 11 is 0. The Morgan fingerprint density at radius 2 is 2.19 bits per heavy atom. The number of hydrogen-bond donors (Lipinski definition) is 1. The van der Waals surface area contributed by atoms with Gasteiger partial charge in [-0.3, -0.25) is 0 Å². The van der Waals surface area contributed by atoms with Crippen molar-refractivity contribution in [2.75, 3.05) is 6.54 Å². The van der Waals surface area contributed by atoms with Crippen LogP contribution in [0.2, 0.25) is 0 Å². The van der Waals surface area contributed by atoms with Gasteiger partial charge in [-0.15, -0.1) is 0 Å². The predicted octanol–water partition coefficient (Wildman–Crippen LogP) is 3.01. The highest BCUT2D eigenvalue weighted by molar-refractivity contribution is 5.05. The summed E-state index contributed by atoms with van der Waals surface area (Å²) in [6, 6.07) is 6.15. The van der Waals surface area contributed by atoms with Crippen molar-refractivity contribution in [3.05, 3.63) is 23.7 Å². The Kier molecular flexibility index (Phi) is 4.57. The Bertz CT molecular complexity index is 360. The number of hydrogen-bond acceptors (Lipinski definition) is 3. The van der Waals surface area contributed by atoms with Gasteiger partial charge in [0.05, 0.1) is 12.6 Å². The monoisotopic (exact) mass is 220 g/mol. The zero-order valence-electron chi connectivity index (χ0n) is 10.3. The normalized spacial score (nSPS) is 11.4. The first kappa shape index (κ1) is 12.8. The van der Waals surface area contributed by atoms with Crippen molar-refractivity contribution in [2.24, 2.45) is 5.41 Å². The highest BCUT2D eigenvalue weighted by atomic mass is 16.3. The van der Waals surface area contributed by atoms with Gasteiger partial charge in [-0.2, -0.15) is 5.26 Å². The fraction of sp³-hybridized carbons (Fsp3) is 0.615. The largest absolute Gasteiger partial charge is 0.465 e. The van der Waals surface area contributed by atoms with Crippen molar-refractivity contribution in [1.29, 1.82) is 5.26 Å². The molecule has 0 aromatic carbocycles. The van der Waals surface area contributed by atoms with E-state index < -0.39 is 0 Å². The second-order valence-corrected chi connectivity index (χ2v) is 4.94. The molecule has 0 saturated heterocycles. The molecule has 88 valence electrons. The van der Waals surface area contributed by atoms with Crippen molar-refractivity contribution in [1.82, 2.24) is 5.32 Å². The van der Waals surface area contributed by atoms with Gasteiger partial charge in [0.2, 0.25) is 0 Å². The number of rotatable bonds is 6. The molecule has 3 heteroatoms. The molecule has 16 heavy (non-hydrogen) atoms. The second kappa shape index (κ2) is 5.72. The maximum Gasteiger partial charge on any atom is 0.117 e. The SMILES string of the molecule is Cc1ccc(CNCC(C)(C)CCC#N)o1. The highest BCUT2D eigenvalue weighted by Crippen LogP contribution is 2.20. The van der Waals surface area contributed by atoms with E-state index in [2.05, 4.69) is 25.2 Å². The quantitative estimate of drug-likeness (QED) is 0.801. The Hall–Kier alpha value is -1.27. The summed E-state index contributed by atoms with van der Waals surface area (Å²) < 4.78 is 5.46. The smallest absolute Gasteiger partial charge is 0.117 e. The van der Waals surface area contributed by atoms with Gasteiger partial charge in [-0.05, 0) is 30.9 Å². The lowest BCUT2D eigenvalue weighted by Gasteiger charge is -2.23. The molecule has 0 aliphatic rings. The first-order valence-corrected chi connectivity index (χ1v) is 5.66. The minimum Gasteiger partial charge on any atom is -0.465 e. The van der Waals surface area contributed by atoms with E-state index in [1.54, 1.807) is 0 Å². The van der Waals surface area contributed by atoms with Crippen molar-refractivity contribution in [2.45, 2.75) is 40.2 Å². The van der Waals surface area contributed by atoms with Crippen molar-refractivity contribution >= 4 is 0 Å². The van der Waals surface area contributed by atoms with Gasteiger partial charge in [0.1, 0.15) is 11.5 Å². The van der Waals surface area contributed by atoms with Crippen LogP contribution < -0.4 is 5.32 Å². The van der Waals surface area contributed by atoms with Gasteiger partial charge < -0.3 is 9.73 Å². The van der Waals surface area contributed by atoms with Crippen LogP contribution in [0, 0.1) is 23.7 Å². The molecule has 0 unspecified atom stereocenters. The molecule has 1 aromatic rings. The molecule has 0 fully saturated rings. The van der Waals surface area contributed by atoms with Crippen LogP contribution in [0.15, 0.2) is 16.5 Å². The van der Waals surface area contributed by atoms with Crippen LogP contribution in [0.25, 0.3) is 0 Å². The minimum atomic E-state index is 0.164. The zero-order chi connectivity index (χ0) is 12.0. The summed E-state index contributed by atoms with van der Waals surface area (Å²) in [5, 5.41) is 11.9. The van der Waals surface area contributed by atoms with E-state index in [0.29, 0.717) is 6.42 Å². The van der Waals surface area contributed by atoms with Gasteiger partial charge in [0.25, 0.3) is 0 Å². The van der Waals surface area contributed by atoms with Gasteiger partial charge in [0, 0.05) is 13.0 Å². The average Bonchev–Trinajstić information content (AvgIpc) is 2.61. The standard InChI is InChI=1S/C13H20N2O/c1-11-5-6-12(16-11)9-15-10-13(2,3)7-4-8-14/h5-6,15H,4,7,9-10H2,1-3H3. The summed E-state index contributed by atoms with van der Waals surface area (Å²) in [5.74, 6) is 1.91. The van der Waals surface area contributed by atoms with Crippen LogP contribution >= 0.6 is 0 Å². The molecule has 1 N–H and O–H groups in total. The van der Waals surface area contributed by atoms with Gasteiger partial charge in [-0.25, -0.2) is 0 Å². The Morgan fingerprint density at radius 3 is 2.75 bits per heavy atom. The third-order valence-corrected chi connectivity index (χ3v) is 2.61. The molecule has 0 bridgehead atoms. The number of nitrogens with one attached hydrogen (secondary N) is 1. The van der Waals surface area contributed by atoms with Crippen LogP contribution in [0.5, 0.6) is 0 Å². The molecule has 0 amide bonds. The average molecular weight is 220 g/mol. The lowest BCUT2D eigenvalue weighted by molar-refractivity contribution is 0.311. The number of furan rings is 1. The summed E-state index contributed by atoms with van der Waals surface area (Å²) in [7, 11) is 0. The minimum absolute atomic E-state index is 0.164. The Labute approximate surface area is 97.5 Å². The molecule has 0 spiro atoms. The first-order valence-electron chi connectivity index (χ1n) is 5.66. The Balaban J connectivity index is 2.27. The molecule has 1 heterocycles. The van der Waals surface area contributed by atoms with E-state index >= 15 is 0 Å². The van der Waals surface area contributed by atoms with Crippen LogP contribution in [0.3, 0.4) is 0 Å². The van der Waals surface area contributed by atoms with E-state index in [1.807, 2.05) is 19.1 Å². The van der Waals surface area contributed by atoms with E-state index in [9.17, 15) is 0 Å². The fourth-order valence-electron chi connectivity index (χ4n) is 1.59. The van der Waals surface area contributed by atoms with Crippen molar-refractivity contribution in [3.63, 3.8) is 0 Å². The van der Waals surface area contributed by atoms with E-state index in [1.165, 1.54) is 0 Å². The molecule has 3 nitrogen and oxygen atoms in total. The van der Waals surface area contributed by atoms with Crippen molar-refractivity contribution in [3.8, 4) is 6.07 Å².